The Kier molecular flexibility index (Phi) is 5.05. The molecule has 0 aliphatic carbocycles. The molecular formula is C18H20N4OS. The summed E-state index contributed by atoms with van der Waals surface area (Å²) in [6.45, 7) is 4.86. The summed E-state index contributed by atoms with van der Waals surface area (Å²) >= 11 is 1.63. The molecule has 0 spiro atoms. The average molecular weight is 340 g/mol. The number of carbonyl (C=O) groups excluding carboxylic acids is 1. The summed E-state index contributed by atoms with van der Waals surface area (Å²) in [5.74, 6) is -0.0351. The number of hydrogen-bond donors (Lipinski definition) is 1. The Morgan fingerprint density at radius 2 is 2.00 bits per heavy atom. The molecule has 0 aliphatic rings. The Hall–Kier alpha value is -2.47. The second-order valence-corrected chi connectivity index (χ2v) is 6.68. The molecule has 0 aliphatic heterocycles. The fourth-order valence-electron chi connectivity index (χ4n) is 2.34. The van der Waals surface area contributed by atoms with Crippen molar-refractivity contribution in [2.45, 2.75) is 26.8 Å². The van der Waals surface area contributed by atoms with Crippen molar-refractivity contribution in [2.75, 3.05) is 6.54 Å². The van der Waals surface area contributed by atoms with Gasteiger partial charge in [-0.1, -0.05) is 29.8 Å². The zero-order chi connectivity index (χ0) is 16.9. The van der Waals surface area contributed by atoms with Gasteiger partial charge < -0.3 is 5.32 Å². The summed E-state index contributed by atoms with van der Waals surface area (Å²) in [5, 5.41) is 10.1. The number of aromatic nitrogens is 3. The summed E-state index contributed by atoms with van der Waals surface area (Å²) in [7, 11) is 0. The molecule has 2 heterocycles. The zero-order valence-corrected chi connectivity index (χ0v) is 14.6. The van der Waals surface area contributed by atoms with Crippen LogP contribution in [0.25, 0.3) is 10.6 Å². The van der Waals surface area contributed by atoms with Gasteiger partial charge in [0.15, 0.2) is 0 Å². The molecule has 3 aromatic rings. The first kappa shape index (κ1) is 16.4. The van der Waals surface area contributed by atoms with Crippen LogP contribution in [0.3, 0.4) is 0 Å². The maximum atomic E-state index is 11.9. The van der Waals surface area contributed by atoms with E-state index in [1.807, 2.05) is 13.1 Å². The summed E-state index contributed by atoms with van der Waals surface area (Å²) < 4.78 is 1.64. The molecule has 0 radical (unpaired) electrons. The first-order valence-electron chi connectivity index (χ1n) is 7.87. The smallest absolute Gasteiger partial charge is 0.241 e. The van der Waals surface area contributed by atoms with Crippen molar-refractivity contribution in [1.82, 2.24) is 20.1 Å². The average Bonchev–Trinajstić information content (AvgIpc) is 3.17. The fourth-order valence-corrected chi connectivity index (χ4v) is 3.20. The van der Waals surface area contributed by atoms with Gasteiger partial charge >= 0.3 is 0 Å². The van der Waals surface area contributed by atoms with Gasteiger partial charge in [-0.2, -0.15) is 5.10 Å². The van der Waals surface area contributed by atoms with E-state index in [0.29, 0.717) is 6.54 Å². The number of nitrogens with one attached hydrogen (secondary N) is 1. The van der Waals surface area contributed by atoms with Crippen molar-refractivity contribution in [1.29, 1.82) is 0 Å². The van der Waals surface area contributed by atoms with Crippen LogP contribution in [0, 0.1) is 13.8 Å². The van der Waals surface area contributed by atoms with Crippen LogP contribution in [-0.4, -0.2) is 27.2 Å². The molecule has 6 heteroatoms. The number of rotatable bonds is 6. The van der Waals surface area contributed by atoms with E-state index in [1.54, 1.807) is 22.2 Å². The molecule has 5 nitrogen and oxygen atoms in total. The topological polar surface area (TPSA) is 59.8 Å². The van der Waals surface area contributed by atoms with Gasteiger partial charge in [-0.05, 0) is 19.4 Å². The molecule has 3 rings (SSSR count). The zero-order valence-electron chi connectivity index (χ0n) is 13.8. The molecule has 0 fully saturated rings. The molecule has 2 aromatic heterocycles. The van der Waals surface area contributed by atoms with Crippen LogP contribution in [0.2, 0.25) is 0 Å². The van der Waals surface area contributed by atoms with Gasteiger partial charge in [0, 0.05) is 30.1 Å². The normalized spacial score (nSPS) is 10.8. The van der Waals surface area contributed by atoms with Gasteiger partial charge in [-0.15, -0.1) is 11.3 Å². The predicted molar refractivity (Wildman–Crippen MR) is 96.0 cm³/mol. The van der Waals surface area contributed by atoms with Crippen molar-refractivity contribution in [3.63, 3.8) is 0 Å². The van der Waals surface area contributed by atoms with Gasteiger partial charge in [0.1, 0.15) is 11.6 Å². The lowest BCUT2D eigenvalue weighted by Gasteiger charge is -2.04. The quantitative estimate of drug-likeness (QED) is 0.750. The van der Waals surface area contributed by atoms with Crippen LogP contribution in [0.15, 0.2) is 42.0 Å². The standard InChI is InChI=1S/C18H20N4OS/c1-13-3-5-15(6-4-13)18-21-16(12-24-18)7-8-19-17(23)11-22-10-14(2)9-20-22/h3-6,9-10,12H,7-8,11H2,1-2H3,(H,19,23). The molecule has 1 amide bonds. The highest BCUT2D eigenvalue weighted by Crippen LogP contribution is 2.24. The predicted octanol–water partition coefficient (Wildman–Crippen LogP) is 2.98. The molecule has 1 aromatic carbocycles. The number of carbonyl (C=O) groups is 1. The highest BCUT2D eigenvalue weighted by Gasteiger charge is 2.06. The Bertz CT molecular complexity index is 820. The summed E-state index contributed by atoms with van der Waals surface area (Å²) in [5.41, 5.74) is 4.43. The number of amides is 1. The van der Waals surface area contributed by atoms with Gasteiger partial charge in [-0.3, -0.25) is 9.48 Å². The van der Waals surface area contributed by atoms with Crippen LogP contribution in [-0.2, 0) is 17.8 Å². The van der Waals surface area contributed by atoms with Crippen LogP contribution in [0.1, 0.15) is 16.8 Å². The molecule has 0 unspecified atom stereocenters. The minimum absolute atomic E-state index is 0.0351. The molecule has 24 heavy (non-hydrogen) atoms. The fraction of sp³-hybridized carbons (Fsp3) is 0.278. The van der Waals surface area contributed by atoms with Crippen molar-refractivity contribution in [3.05, 3.63) is 58.9 Å². The van der Waals surface area contributed by atoms with Crippen molar-refractivity contribution in [3.8, 4) is 10.6 Å². The lowest BCUT2D eigenvalue weighted by Crippen LogP contribution is -2.29. The second kappa shape index (κ2) is 7.40. The van der Waals surface area contributed by atoms with E-state index in [1.165, 1.54) is 5.56 Å². The highest BCUT2D eigenvalue weighted by molar-refractivity contribution is 7.13. The van der Waals surface area contributed by atoms with Crippen molar-refractivity contribution < 1.29 is 4.79 Å². The molecule has 0 bridgehead atoms. The third kappa shape index (κ3) is 4.29. The second-order valence-electron chi connectivity index (χ2n) is 5.83. The van der Waals surface area contributed by atoms with E-state index < -0.39 is 0 Å². The lowest BCUT2D eigenvalue weighted by molar-refractivity contribution is -0.121. The van der Waals surface area contributed by atoms with E-state index in [4.69, 9.17) is 0 Å². The molecule has 0 atom stereocenters. The van der Waals surface area contributed by atoms with E-state index in [2.05, 4.69) is 52.0 Å². The summed E-state index contributed by atoms with van der Waals surface area (Å²) in [4.78, 5) is 16.5. The van der Waals surface area contributed by atoms with E-state index >= 15 is 0 Å². The maximum Gasteiger partial charge on any atom is 0.241 e. The van der Waals surface area contributed by atoms with Crippen molar-refractivity contribution in [2.24, 2.45) is 0 Å². The SMILES string of the molecule is Cc1ccc(-c2nc(CCNC(=O)Cn3cc(C)cn3)cs2)cc1. The van der Waals surface area contributed by atoms with Gasteiger partial charge in [0.2, 0.25) is 5.91 Å². The molecule has 0 saturated carbocycles. The minimum Gasteiger partial charge on any atom is -0.354 e. The maximum absolute atomic E-state index is 11.9. The molecule has 124 valence electrons. The third-order valence-electron chi connectivity index (χ3n) is 3.62. The minimum atomic E-state index is -0.0351. The monoisotopic (exact) mass is 340 g/mol. The number of hydrogen-bond acceptors (Lipinski definition) is 4. The van der Waals surface area contributed by atoms with Gasteiger partial charge in [0.25, 0.3) is 0 Å². The van der Waals surface area contributed by atoms with Gasteiger partial charge in [-0.25, -0.2) is 4.98 Å². The number of nitrogens with zero attached hydrogens (tertiary/aromatic N) is 3. The Morgan fingerprint density at radius 3 is 2.71 bits per heavy atom. The Labute approximate surface area is 145 Å². The lowest BCUT2D eigenvalue weighted by atomic mass is 10.2. The molecule has 0 saturated heterocycles. The molecule has 1 N–H and O–H groups in total. The summed E-state index contributed by atoms with van der Waals surface area (Å²) in [6.07, 6.45) is 4.33. The van der Waals surface area contributed by atoms with Crippen LogP contribution in [0.5, 0.6) is 0 Å². The van der Waals surface area contributed by atoms with Crippen LogP contribution >= 0.6 is 11.3 Å². The van der Waals surface area contributed by atoms with E-state index in [-0.39, 0.29) is 12.5 Å². The largest absolute Gasteiger partial charge is 0.354 e. The van der Waals surface area contributed by atoms with E-state index in [9.17, 15) is 4.79 Å². The van der Waals surface area contributed by atoms with Crippen LogP contribution in [0.4, 0.5) is 0 Å². The Morgan fingerprint density at radius 1 is 1.21 bits per heavy atom. The van der Waals surface area contributed by atoms with Gasteiger partial charge in [0.05, 0.1) is 11.9 Å². The first-order valence-corrected chi connectivity index (χ1v) is 8.75. The number of benzene rings is 1. The highest BCUT2D eigenvalue weighted by atomic mass is 32.1. The molecular weight excluding hydrogens is 320 g/mol. The van der Waals surface area contributed by atoms with Crippen LogP contribution < -0.4 is 5.32 Å². The first-order chi connectivity index (χ1) is 11.6. The Balaban J connectivity index is 1.48. The van der Waals surface area contributed by atoms with E-state index in [0.717, 1.165) is 28.2 Å². The number of aryl methyl sites for hydroxylation is 2. The third-order valence-corrected chi connectivity index (χ3v) is 4.56. The number of thiazole rings is 1. The van der Waals surface area contributed by atoms with Crippen molar-refractivity contribution >= 4 is 17.2 Å². The summed E-state index contributed by atoms with van der Waals surface area (Å²) in [6, 6.07) is 8.36.